The summed E-state index contributed by atoms with van der Waals surface area (Å²) in [5.74, 6) is 0.238. The minimum atomic E-state index is -0.488. The zero-order chi connectivity index (χ0) is 19.3. The molecule has 3 atom stereocenters. The van der Waals surface area contributed by atoms with Gasteiger partial charge >= 0.3 is 0 Å². The maximum atomic E-state index is 12.8. The Balaban J connectivity index is 2.07. The van der Waals surface area contributed by atoms with Gasteiger partial charge in [0.05, 0.1) is 0 Å². The lowest BCUT2D eigenvalue weighted by molar-refractivity contribution is -0.127. The summed E-state index contributed by atoms with van der Waals surface area (Å²) in [6.45, 7) is 12.8. The summed E-state index contributed by atoms with van der Waals surface area (Å²) in [6, 6.07) is 4.15. The van der Waals surface area contributed by atoms with Crippen LogP contribution in [0.25, 0.3) is 0 Å². The molecule has 1 heterocycles. The third kappa shape index (κ3) is 3.62. The van der Waals surface area contributed by atoms with Crippen molar-refractivity contribution in [2.24, 2.45) is 0 Å². The molecule has 3 N–H and O–H groups in total. The second-order valence-electron chi connectivity index (χ2n) is 10.1. The lowest BCUT2D eigenvalue weighted by Gasteiger charge is -2.41. The Morgan fingerprint density at radius 3 is 2.15 bits per heavy atom. The third-order valence-corrected chi connectivity index (χ3v) is 5.86. The molecule has 26 heavy (non-hydrogen) atoms. The van der Waals surface area contributed by atoms with Crippen molar-refractivity contribution in [1.29, 1.82) is 0 Å². The predicted molar refractivity (Wildman–Crippen MR) is 106 cm³/mol. The second-order valence-corrected chi connectivity index (χ2v) is 10.1. The van der Waals surface area contributed by atoms with Crippen molar-refractivity contribution < 1.29 is 9.90 Å². The fourth-order valence-electron chi connectivity index (χ4n) is 4.17. The number of amides is 1. The fraction of sp³-hybridized carbons (Fsp3) is 0.682. The van der Waals surface area contributed by atoms with Crippen molar-refractivity contribution in [3.05, 3.63) is 28.8 Å². The highest BCUT2D eigenvalue weighted by molar-refractivity contribution is 5.85. The lowest BCUT2D eigenvalue weighted by atomic mass is 9.77. The van der Waals surface area contributed by atoms with Gasteiger partial charge in [-0.2, -0.15) is 0 Å². The molecule has 2 fully saturated rings. The summed E-state index contributed by atoms with van der Waals surface area (Å²) >= 11 is 0. The summed E-state index contributed by atoms with van der Waals surface area (Å²) in [4.78, 5) is 12.8. The van der Waals surface area contributed by atoms with Gasteiger partial charge in [0.15, 0.2) is 0 Å². The lowest BCUT2D eigenvalue weighted by Crippen LogP contribution is -2.61. The Labute approximate surface area is 157 Å². The monoisotopic (exact) mass is 358 g/mol. The molecule has 1 aromatic carbocycles. The number of rotatable bonds is 1. The molecule has 0 radical (unpaired) electrons. The first-order valence-electron chi connectivity index (χ1n) is 9.93. The quantitative estimate of drug-likeness (QED) is 0.709. The summed E-state index contributed by atoms with van der Waals surface area (Å²) in [6.07, 6.45) is 4.48. The topological polar surface area (TPSA) is 61.4 Å². The highest BCUT2D eigenvalue weighted by Gasteiger charge is 2.39. The van der Waals surface area contributed by atoms with Gasteiger partial charge in [0.2, 0.25) is 5.91 Å². The molecular weight excluding hydrogens is 324 g/mol. The SMILES string of the molecule is CC(C)(C)c1cc([C@@H]2N[C@@H]3CCCC[C@H]3NC2=O)c(O)c(C(C)(C)C)c1. The molecule has 1 saturated carbocycles. The van der Waals surface area contributed by atoms with Gasteiger partial charge in [0.1, 0.15) is 11.8 Å². The van der Waals surface area contributed by atoms with Crippen LogP contribution in [0.5, 0.6) is 5.75 Å². The minimum absolute atomic E-state index is 0.0191. The fourth-order valence-corrected chi connectivity index (χ4v) is 4.17. The Morgan fingerprint density at radius 1 is 0.962 bits per heavy atom. The number of phenolic OH excluding ortho intramolecular Hbond substituents is 1. The average molecular weight is 359 g/mol. The van der Waals surface area contributed by atoms with Gasteiger partial charge in [-0.15, -0.1) is 0 Å². The molecule has 0 aromatic heterocycles. The van der Waals surface area contributed by atoms with Crippen molar-refractivity contribution in [1.82, 2.24) is 10.6 Å². The van der Waals surface area contributed by atoms with Crippen molar-refractivity contribution in [3.8, 4) is 5.75 Å². The van der Waals surface area contributed by atoms with Gasteiger partial charge in [-0.1, -0.05) is 60.5 Å². The van der Waals surface area contributed by atoms with Crippen molar-refractivity contribution in [2.75, 3.05) is 0 Å². The molecule has 1 amide bonds. The first kappa shape index (κ1) is 19.2. The van der Waals surface area contributed by atoms with Crippen LogP contribution in [0.1, 0.15) is 90.0 Å². The van der Waals surface area contributed by atoms with Gasteiger partial charge in [0.25, 0.3) is 0 Å². The Morgan fingerprint density at radius 2 is 1.58 bits per heavy atom. The van der Waals surface area contributed by atoms with Crippen LogP contribution in [0.2, 0.25) is 0 Å². The molecule has 3 rings (SSSR count). The number of aromatic hydroxyl groups is 1. The van der Waals surface area contributed by atoms with Gasteiger partial charge in [0, 0.05) is 17.6 Å². The normalized spacial score (nSPS) is 27.0. The highest BCUT2D eigenvalue weighted by Crippen LogP contribution is 2.41. The maximum absolute atomic E-state index is 12.8. The number of piperazine rings is 1. The minimum Gasteiger partial charge on any atom is -0.507 e. The van der Waals surface area contributed by atoms with E-state index in [1.165, 1.54) is 12.8 Å². The molecule has 4 nitrogen and oxygen atoms in total. The number of benzene rings is 1. The van der Waals surface area contributed by atoms with Crippen LogP contribution in [0.3, 0.4) is 0 Å². The molecule has 144 valence electrons. The molecule has 0 spiro atoms. The van der Waals surface area contributed by atoms with E-state index in [0.717, 1.165) is 24.0 Å². The largest absolute Gasteiger partial charge is 0.507 e. The number of carbonyl (C=O) groups is 1. The van der Waals surface area contributed by atoms with Crippen molar-refractivity contribution in [2.45, 2.75) is 96.2 Å². The zero-order valence-corrected chi connectivity index (χ0v) is 17.1. The van der Waals surface area contributed by atoms with E-state index in [2.05, 4.69) is 58.2 Å². The first-order chi connectivity index (χ1) is 12.0. The summed E-state index contributed by atoms with van der Waals surface area (Å²) in [7, 11) is 0. The number of hydrogen-bond donors (Lipinski definition) is 3. The molecule has 0 bridgehead atoms. The molecule has 1 aliphatic heterocycles. The third-order valence-electron chi connectivity index (χ3n) is 5.86. The molecule has 0 unspecified atom stereocenters. The van der Waals surface area contributed by atoms with Crippen LogP contribution in [-0.2, 0) is 15.6 Å². The molecule has 1 aromatic rings. The Kier molecular flexibility index (Phi) is 4.85. The van der Waals surface area contributed by atoms with Gasteiger partial charge in [-0.25, -0.2) is 0 Å². The molecule has 2 aliphatic rings. The zero-order valence-electron chi connectivity index (χ0n) is 17.1. The van der Waals surface area contributed by atoms with E-state index >= 15 is 0 Å². The van der Waals surface area contributed by atoms with E-state index in [-0.39, 0.29) is 28.5 Å². The Hall–Kier alpha value is -1.55. The number of phenols is 1. The summed E-state index contributed by atoms with van der Waals surface area (Å²) in [5, 5.41) is 17.8. The van der Waals surface area contributed by atoms with Gasteiger partial charge < -0.3 is 10.4 Å². The predicted octanol–water partition coefficient (Wildman–Crippen LogP) is 4.06. The van der Waals surface area contributed by atoms with Crippen LogP contribution in [-0.4, -0.2) is 23.1 Å². The van der Waals surface area contributed by atoms with E-state index in [9.17, 15) is 9.90 Å². The van der Waals surface area contributed by atoms with E-state index < -0.39 is 6.04 Å². The average Bonchev–Trinajstić information content (AvgIpc) is 2.52. The molecule has 1 aliphatic carbocycles. The van der Waals surface area contributed by atoms with Gasteiger partial charge in [-0.05, 0) is 40.9 Å². The summed E-state index contributed by atoms with van der Waals surface area (Å²) < 4.78 is 0. The van der Waals surface area contributed by atoms with Crippen LogP contribution < -0.4 is 10.6 Å². The Bertz CT molecular complexity index is 697. The van der Waals surface area contributed by atoms with Crippen LogP contribution in [0.4, 0.5) is 0 Å². The van der Waals surface area contributed by atoms with E-state index in [4.69, 9.17) is 0 Å². The van der Waals surface area contributed by atoms with Gasteiger partial charge in [-0.3, -0.25) is 10.1 Å². The van der Waals surface area contributed by atoms with E-state index in [0.29, 0.717) is 11.6 Å². The molecule has 1 saturated heterocycles. The standard InChI is InChI=1S/C22H34N2O2/c1-21(2,3)13-11-14(19(25)15(12-13)22(4,5)6)18-20(26)24-17-10-8-7-9-16(17)23-18/h11-12,16-18,23,25H,7-10H2,1-6H3,(H,24,26)/t16-,17-,18+/m1/s1. The first-order valence-corrected chi connectivity index (χ1v) is 9.93. The number of hydrogen-bond acceptors (Lipinski definition) is 3. The van der Waals surface area contributed by atoms with E-state index in [1.807, 2.05) is 6.07 Å². The number of nitrogens with one attached hydrogen (secondary N) is 2. The van der Waals surface area contributed by atoms with E-state index in [1.54, 1.807) is 0 Å². The van der Waals surface area contributed by atoms with Crippen LogP contribution in [0.15, 0.2) is 12.1 Å². The highest BCUT2D eigenvalue weighted by atomic mass is 16.3. The van der Waals surface area contributed by atoms with Crippen LogP contribution in [0, 0.1) is 0 Å². The van der Waals surface area contributed by atoms with Crippen molar-refractivity contribution >= 4 is 5.91 Å². The van der Waals surface area contributed by atoms with Crippen LogP contribution >= 0.6 is 0 Å². The van der Waals surface area contributed by atoms with Crippen molar-refractivity contribution in [3.63, 3.8) is 0 Å². The molecule has 4 heteroatoms. The molecular formula is C22H34N2O2. The smallest absolute Gasteiger partial charge is 0.242 e. The number of carbonyl (C=O) groups excluding carboxylic acids is 1. The second kappa shape index (κ2) is 6.56. The maximum Gasteiger partial charge on any atom is 0.242 e. The number of fused-ring (bicyclic) bond motifs is 1. The summed E-state index contributed by atoms with van der Waals surface area (Å²) in [5.41, 5.74) is 2.51.